The first-order valence-corrected chi connectivity index (χ1v) is 12.5. The fourth-order valence-corrected chi connectivity index (χ4v) is 7.00. The molecule has 4 aliphatic rings. The second kappa shape index (κ2) is 8.97. The predicted octanol–water partition coefficient (Wildman–Crippen LogP) is 3.57. The van der Waals surface area contributed by atoms with Crippen molar-refractivity contribution >= 4 is 11.9 Å². The maximum atomic E-state index is 12.7. The van der Waals surface area contributed by atoms with E-state index >= 15 is 0 Å². The third-order valence-corrected chi connectivity index (χ3v) is 8.62. The lowest BCUT2D eigenvalue weighted by molar-refractivity contribution is -0.224. The molecule has 7 heteroatoms. The quantitative estimate of drug-likeness (QED) is 0.502. The molecule has 10 atom stereocenters. The molecule has 1 aliphatic carbocycles. The Hall–Kier alpha value is -1.44. The summed E-state index contributed by atoms with van der Waals surface area (Å²) in [6.07, 6.45) is 1.91. The number of carbonyl (C=O) groups is 2. The topological polar surface area (TPSA) is 91.3 Å². The normalized spacial score (nSPS) is 47.0. The van der Waals surface area contributed by atoms with Crippen LogP contribution in [-0.2, 0) is 28.5 Å². The van der Waals surface area contributed by atoms with Crippen LogP contribution in [0.15, 0.2) is 12.2 Å². The highest BCUT2D eigenvalue weighted by atomic mass is 16.6. The van der Waals surface area contributed by atoms with Crippen molar-refractivity contribution in [2.24, 2.45) is 23.7 Å². The van der Waals surface area contributed by atoms with Gasteiger partial charge in [0, 0.05) is 31.8 Å². The Labute approximate surface area is 197 Å². The molecule has 0 radical (unpaired) electrons. The Balaban J connectivity index is 1.76. The first-order valence-electron chi connectivity index (χ1n) is 12.5. The van der Waals surface area contributed by atoms with Gasteiger partial charge in [-0.15, -0.1) is 0 Å². The molecule has 0 amide bonds. The lowest BCUT2D eigenvalue weighted by Crippen LogP contribution is -2.63. The van der Waals surface area contributed by atoms with E-state index in [1.54, 1.807) is 0 Å². The highest BCUT2D eigenvalue weighted by molar-refractivity contribution is 5.70. The van der Waals surface area contributed by atoms with Crippen LogP contribution in [0, 0.1) is 23.7 Å². The zero-order valence-corrected chi connectivity index (χ0v) is 20.7. The van der Waals surface area contributed by atoms with Crippen LogP contribution in [0.4, 0.5) is 0 Å². The molecular weight excluding hydrogens is 424 g/mol. The van der Waals surface area contributed by atoms with Crippen LogP contribution in [0.1, 0.15) is 73.1 Å². The molecule has 186 valence electrons. The lowest BCUT2D eigenvalue weighted by Gasteiger charge is -2.55. The van der Waals surface area contributed by atoms with Gasteiger partial charge in [0.25, 0.3) is 0 Å². The Bertz CT molecular complexity index is 792. The van der Waals surface area contributed by atoms with Crippen LogP contribution in [0.5, 0.6) is 0 Å². The van der Waals surface area contributed by atoms with E-state index in [0.717, 1.165) is 12.0 Å². The van der Waals surface area contributed by atoms with E-state index in [4.69, 9.17) is 18.9 Å². The van der Waals surface area contributed by atoms with Gasteiger partial charge in [0.05, 0.1) is 17.8 Å². The zero-order chi connectivity index (χ0) is 24.1. The minimum atomic E-state index is -1.08. The molecule has 0 aromatic rings. The highest BCUT2D eigenvalue weighted by Gasteiger charge is 2.66. The first kappa shape index (κ1) is 24.7. The van der Waals surface area contributed by atoms with Crippen molar-refractivity contribution in [2.45, 2.75) is 109 Å². The van der Waals surface area contributed by atoms with Gasteiger partial charge < -0.3 is 24.1 Å². The molecule has 0 spiro atoms. The molecule has 0 aromatic heterocycles. The van der Waals surface area contributed by atoms with Gasteiger partial charge in [0.15, 0.2) is 0 Å². The standard InChI is InChI=1S/C26H40O7/c1-7-8-21(28)33-25(5)10-9-18(31-16(4)27)14(2)11-19-23-22(24(25)32-19)17-12-20(26(23,6)29)30-13-15(17)3/h15,17-20,22-24,29H,2,7-13H2,1,3-6H3/t15-,17+,18-,19+,20+,22+,23+,24+,25+,26-/m0/s1. The van der Waals surface area contributed by atoms with Crippen LogP contribution in [0.3, 0.4) is 0 Å². The largest absolute Gasteiger partial charge is 0.458 e. The molecule has 7 nitrogen and oxygen atoms in total. The highest BCUT2D eigenvalue weighted by Crippen LogP contribution is 2.59. The summed E-state index contributed by atoms with van der Waals surface area (Å²) in [5, 5.41) is 11.7. The molecule has 3 saturated heterocycles. The molecule has 0 unspecified atom stereocenters. The molecule has 1 saturated carbocycles. The Morgan fingerprint density at radius 1 is 1.30 bits per heavy atom. The van der Waals surface area contributed by atoms with E-state index in [-0.39, 0.29) is 42.1 Å². The summed E-state index contributed by atoms with van der Waals surface area (Å²) in [5.41, 5.74) is -1.20. The van der Waals surface area contributed by atoms with E-state index in [0.29, 0.717) is 50.5 Å². The summed E-state index contributed by atoms with van der Waals surface area (Å²) in [6, 6.07) is 0. The van der Waals surface area contributed by atoms with Gasteiger partial charge in [0.2, 0.25) is 0 Å². The minimum absolute atomic E-state index is 0.0395. The van der Waals surface area contributed by atoms with E-state index in [9.17, 15) is 14.7 Å². The monoisotopic (exact) mass is 464 g/mol. The predicted molar refractivity (Wildman–Crippen MR) is 121 cm³/mol. The van der Waals surface area contributed by atoms with Gasteiger partial charge in [-0.05, 0) is 63.4 Å². The molecule has 4 fully saturated rings. The van der Waals surface area contributed by atoms with Gasteiger partial charge >= 0.3 is 11.9 Å². The van der Waals surface area contributed by atoms with Crippen LogP contribution in [0.25, 0.3) is 0 Å². The number of aliphatic hydroxyl groups is 1. The van der Waals surface area contributed by atoms with Crippen molar-refractivity contribution in [3.8, 4) is 0 Å². The molecule has 1 N–H and O–H groups in total. The van der Waals surface area contributed by atoms with Crippen LogP contribution < -0.4 is 0 Å². The first-order chi connectivity index (χ1) is 15.5. The van der Waals surface area contributed by atoms with Crippen LogP contribution >= 0.6 is 0 Å². The number of hydrogen-bond acceptors (Lipinski definition) is 7. The average molecular weight is 465 g/mol. The second-order valence-corrected chi connectivity index (χ2v) is 11.2. The summed E-state index contributed by atoms with van der Waals surface area (Å²) < 4.78 is 24.6. The Kier molecular flexibility index (Phi) is 6.71. The van der Waals surface area contributed by atoms with E-state index in [2.05, 4.69) is 13.5 Å². The molecule has 4 bridgehead atoms. The Morgan fingerprint density at radius 3 is 2.70 bits per heavy atom. The Morgan fingerprint density at radius 2 is 2.03 bits per heavy atom. The van der Waals surface area contributed by atoms with Gasteiger partial charge in [0.1, 0.15) is 17.8 Å². The fourth-order valence-electron chi connectivity index (χ4n) is 7.00. The van der Waals surface area contributed by atoms with Crippen molar-refractivity contribution in [1.29, 1.82) is 0 Å². The van der Waals surface area contributed by atoms with Crippen molar-refractivity contribution < 1.29 is 33.6 Å². The summed E-state index contributed by atoms with van der Waals surface area (Å²) in [5.74, 6) is -0.124. The number of ether oxygens (including phenoxy) is 4. The zero-order valence-electron chi connectivity index (χ0n) is 20.7. The van der Waals surface area contributed by atoms with Gasteiger partial charge in [-0.1, -0.05) is 20.4 Å². The number of esters is 2. The summed E-state index contributed by atoms with van der Waals surface area (Å²) in [6.45, 7) is 14.2. The number of fused-ring (bicyclic) bond motifs is 8. The van der Waals surface area contributed by atoms with Crippen molar-refractivity contribution in [2.75, 3.05) is 6.61 Å². The molecule has 0 aromatic carbocycles. The second-order valence-electron chi connectivity index (χ2n) is 11.2. The third kappa shape index (κ3) is 4.37. The maximum absolute atomic E-state index is 12.7. The molecule has 3 aliphatic heterocycles. The number of carbonyl (C=O) groups excluding carboxylic acids is 2. The van der Waals surface area contributed by atoms with Gasteiger partial charge in [-0.25, -0.2) is 0 Å². The summed E-state index contributed by atoms with van der Waals surface area (Å²) in [4.78, 5) is 24.5. The van der Waals surface area contributed by atoms with Crippen LogP contribution in [-0.4, -0.2) is 59.3 Å². The van der Waals surface area contributed by atoms with Gasteiger partial charge in [-0.2, -0.15) is 0 Å². The minimum Gasteiger partial charge on any atom is -0.458 e. The van der Waals surface area contributed by atoms with E-state index in [1.165, 1.54) is 6.92 Å². The van der Waals surface area contributed by atoms with E-state index in [1.807, 2.05) is 20.8 Å². The van der Waals surface area contributed by atoms with Gasteiger partial charge in [-0.3, -0.25) is 9.59 Å². The summed E-state index contributed by atoms with van der Waals surface area (Å²) in [7, 11) is 0. The third-order valence-electron chi connectivity index (χ3n) is 8.62. The van der Waals surface area contributed by atoms with Crippen LogP contribution in [0.2, 0.25) is 0 Å². The smallest absolute Gasteiger partial charge is 0.306 e. The molecule has 3 heterocycles. The lowest BCUT2D eigenvalue weighted by atomic mass is 9.55. The van der Waals surface area contributed by atoms with Crippen molar-refractivity contribution in [1.82, 2.24) is 0 Å². The van der Waals surface area contributed by atoms with Crippen molar-refractivity contribution in [3.05, 3.63) is 12.2 Å². The molecular formula is C26H40O7. The fraction of sp³-hybridized carbons (Fsp3) is 0.846. The number of hydrogen-bond donors (Lipinski definition) is 1. The summed E-state index contributed by atoms with van der Waals surface area (Å²) >= 11 is 0. The molecule has 4 rings (SSSR count). The van der Waals surface area contributed by atoms with Crippen molar-refractivity contribution in [3.63, 3.8) is 0 Å². The average Bonchev–Trinajstić information content (AvgIpc) is 3.12. The maximum Gasteiger partial charge on any atom is 0.306 e. The van der Waals surface area contributed by atoms with E-state index < -0.39 is 17.3 Å². The molecule has 33 heavy (non-hydrogen) atoms. The SMILES string of the molecule is C=C1C[C@H]2O[C@H]([C@@H]3[C@@H]4C[C@@H](OC[C@@H]4C)[C@](C)(O)[C@@H]32)[C@](C)(OC(=O)CCC)CC[C@@H]1OC(C)=O. The number of rotatable bonds is 4.